The van der Waals surface area contributed by atoms with Crippen LogP contribution in [0.15, 0.2) is 18.2 Å². The van der Waals surface area contributed by atoms with E-state index in [2.05, 4.69) is 10.1 Å². The van der Waals surface area contributed by atoms with Gasteiger partial charge in [-0.3, -0.25) is 4.79 Å². The molecule has 116 valence electrons. The normalized spacial score (nSPS) is 13.2. The first-order chi connectivity index (χ1) is 9.76. The number of aliphatic hydroxyl groups is 1. The molecule has 0 saturated heterocycles. The molecule has 0 heterocycles. The van der Waals surface area contributed by atoms with Gasteiger partial charge in [0.2, 0.25) is 0 Å². The van der Waals surface area contributed by atoms with Gasteiger partial charge in [0.15, 0.2) is 12.2 Å². The summed E-state index contributed by atoms with van der Waals surface area (Å²) < 4.78 is 9.86. The summed E-state index contributed by atoms with van der Waals surface area (Å²) in [6, 6.07) is 5.70. The Morgan fingerprint density at radius 1 is 1.33 bits per heavy atom. The van der Waals surface area contributed by atoms with Gasteiger partial charge in [-0.15, -0.1) is 0 Å². The van der Waals surface area contributed by atoms with Crippen molar-refractivity contribution in [1.29, 1.82) is 0 Å². The Hall–Kier alpha value is -2.08. The van der Waals surface area contributed by atoms with Crippen LogP contribution in [0.25, 0.3) is 0 Å². The second kappa shape index (κ2) is 7.08. The van der Waals surface area contributed by atoms with Crippen molar-refractivity contribution in [3.05, 3.63) is 29.3 Å². The number of methoxy groups -OCH3 is 1. The van der Waals surface area contributed by atoms with E-state index >= 15 is 0 Å². The van der Waals surface area contributed by atoms with Gasteiger partial charge in [-0.2, -0.15) is 0 Å². The zero-order chi connectivity index (χ0) is 16.0. The summed E-state index contributed by atoms with van der Waals surface area (Å²) in [5.74, 6) is -0.608. The van der Waals surface area contributed by atoms with Crippen LogP contribution >= 0.6 is 0 Å². The van der Waals surface area contributed by atoms with Crippen LogP contribution in [-0.4, -0.2) is 42.8 Å². The predicted molar refractivity (Wildman–Crippen MR) is 77.1 cm³/mol. The molecule has 6 heteroatoms. The maximum absolute atomic E-state index is 11.7. The van der Waals surface area contributed by atoms with Gasteiger partial charge in [-0.25, -0.2) is 4.79 Å². The molecule has 21 heavy (non-hydrogen) atoms. The van der Waals surface area contributed by atoms with E-state index in [1.165, 1.54) is 14.0 Å². The van der Waals surface area contributed by atoms with Gasteiger partial charge in [0.25, 0.3) is 5.91 Å². The van der Waals surface area contributed by atoms with E-state index in [9.17, 15) is 14.7 Å². The van der Waals surface area contributed by atoms with Crippen LogP contribution in [-0.2, 0) is 14.3 Å². The van der Waals surface area contributed by atoms with Gasteiger partial charge in [0, 0.05) is 0 Å². The molecule has 1 aromatic rings. The van der Waals surface area contributed by atoms with E-state index in [1.54, 1.807) is 0 Å². The Balaban J connectivity index is 2.48. The van der Waals surface area contributed by atoms with Crippen LogP contribution in [0.2, 0.25) is 0 Å². The Bertz CT molecular complexity index is 525. The Morgan fingerprint density at radius 3 is 2.62 bits per heavy atom. The highest BCUT2D eigenvalue weighted by Crippen LogP contribution is 2.18. The third kappa shape index (κ3) is 5.07. The summed E-state index contributed by atoms with van der Waals surface area (Å²) in [4.78, 5) is 22.9. The van der Waals surface area contributed by atoms with Gasteiger partial charge in [0.1, 0.15) is 5.75 Å². The predicted octanol–water partition coefficient (Wildman–Crippen LogP) is 0.722. The molecule has 0 spiro atoms. The molecule has 1 atom stereocenters. The highest BCUT2D eigenvalue weighted by molar-refractivity contribution is 5.81. The second-order valence-electron chi connectivity index (χ2n) is 5.10. The van der Waals surface area contributed by atoms with Gasteiger partial charge >= 0.3 is 5.97 Å². The zero-order valence-electron chi connectivity index (χ0n) is 12.7. The van der Waals surface area contributed by atoms with Gasteiger partial charge in [0.05, 0.1) is 13.7 Å². The molecule has 0 aliphatic heterocycles. The van der Waals surface area contributed by atoms with Crippen molar-refractivity contribution >= 4 is 11.9 Å². The Labute approximate surface area is 124 Å². The van der Waals surface area contributed by atoms with Crippen molar-refractivity contribution in [3.8, 4) is 5.75 Å². The summed E-state index contributed by atoms with van der Waals surface area (Å²) in [5, 5.41) is 12.2. The molecule has 0 radical (unpaired) electrons. The van der Waals surface area contributed by atoms with Crippen molar-refractivity contribution in [2.45, 2.75) is 26.4 Å². The van der Waals surface area contributed by atoms with Crippen LogP contribution in [0.1, 0.15) is 18.1 Å². The second-order valence-corrected chi connectivity index (χ2v) is 5.10. The quantitative estimate of drug-likeness (QED) is 0.756. The fourth-order valence-corrected chi connectivity index (χ4v) is 1.62. The fraction of sp³-hybridized carbons (Fsp3) is 0.467. The number of nitrogens with one attached hydrogen (secondary N) is 1. The van der Waals surface area contributed by atoms with Crippen molar-refractivity contribution in [2.24, 2.45) is 0 Å². The first-order valence-electron chi connectivity index (χ1n) is 6.54. The van der Waals surface area contributed by atoms with E-state index in [4.69, 9.17) is 4.74 Å². The standard InChI is InChI=1S/C15H21NO5/c1-10-5-6-11(2)12(7-10)21-8-13(17)16-9-15(3,19)14(18)20-4/h5-7,19H,8-9H2,1-4H3,(H,16,17)/t15-/m0/s1. The van der Waals surface area contributed by atoms with E-state index in [0.717, 1.165) is 11.1 Å². The number of carbonyl (C=O) groups excluding carboxylic acids is 2. The van der Waals surface area contributed by atoms with Crippen LogP contribution in [0.4, 0.5) is 0 Å². The minimum Gasteiger partial charge on any atom is -0.483 e. The molecule has 6 nitrogen and oxygen atoms in total. The zero-order valence-corrected chi connectivity index (χ0v) is 12.7. The van der Waals surface area contributed by atoms with E-state index in [-0.39, 0.29) is 13.2 Å². The van der Waals surface area contributed by atoms with Gasteiger partial charge < -0.3 is 19.9 Å². The molecule has 0 aliphatic carbocycles. The Kier molecular flexibility index (Phi) is 5.72. The maximum Gasteiger partial charge on any atom is 0.339 e. The number of ether oxygens (including phenoxy) is 2. The molecule has 0 aromatic heterocycles. The van der Waals surface area contributed by atoms with E-state index in [1.807, 2.05) is 32.0 Å². The number of amides is 1. The summed E-state index contributed by atoms with van der Waals surface area (Å²) in [6.45, 7) is 4.65. The topological polar surface area (TPSA) is 84.9 Å². The lowest BCUT2D eigenvalue weighted by Gasteiger charge is -2.20. The average molecular weight is 295 g/mol. The third-order valence-electron chi connectivity index (χ3n) is 2.96. The molecule has 1 rings (SSSR count). The smallest absolute Gasteiger partial charge is 0.339 e. The molecule has 0 aliphatic rings. The summed E-state index contributed by atoms with van der Waals surface area (Å²) in [5.41, 5.74) is 0.198. The molecule has 0 unspecified atom stereocenters. The minimum absolute atomic E-state index is 0.193. The molecule has 1 aromatic carbocycles. The first kappa shape index (κ1) is 17.0. The minimum atomic E-state index is -1.76. The Morgan fingerprint density at radius 2 is 2.00 bits per heavy atom. The van der Waals surface area contributed by atoms with Crippen molar-refractivity contribution < 1.29 is 24.2 Å². The SMILES string of the molecule is COC(=O)[C@@](C)(O)CNC(=O)COc1cc(C)ccc1C. The molecular weight excluding hydrogens is 274 g/mol. The number of carbonyl (C=O) groups is 2. The van der Waals surface area contributed by atoms with Crippen LogP contribution in [0.5, 0.6) is 5.75 Å². The highest BCUT2D eigenvalue weighted by atomic mass is 16.5. The van der Waals surface area contributed by atoms with Crippen molar-refractivity contribution in [1.82, 2.24) is 5.32 Å². The number of hydrogen-bond donors (Lipinski definition) is 2. The highest BCUT2D eigenvalue weighted by Gasteiger charge is 2.31. The van der Waals surface area contributed by atoms with Gasteiger partial charge in [-0.05, 0) is 38.0 Å². The molecule has 0 bridgehead atoms. The molecule has 1 amide bonds. The number of benzene rings is 1. The number of rotatable bonds is 6. The summed E-state index contributed by atoms with van der Waals surface area (Å²) >= 11 is 0. The fourth-order valence-electron chi connectivity index (χ4n) is 1.62. The lowest BCUT2D eigenvalue weighted by molar-refractivity contribution is -0.160. The summed E-state index contributed by atoms with van der Waals surface area (Å²) in [7, 11) is 1.17. The molecular formula is C15H21NO5. The first-order valence-corrected chi connectivity index (χ1v) is 6.54. The number of aryl methyl sites for hydroxylation is 2. The molecule has 0 fully saturated rings. The van der Waals surface area contributed by atoms with E-state index in [0.29, 0.717) is 5.75 Å². The van der Waals surface area contributed by atoms with Crippen LogP contribution < -0.4 is 10.1 Å². The van der Waals surface area contributed by atoms with Crippen molar-refractivity contribution in [3.63, 3.8) is 0 Å². The lowest BCUT2D eigenvalue weighted by Crippen LogP contribution is -2.48. The summed E-state index contributed by atoms with van der Waals surface area (Å²) in [6.07, 6.45) is 0. The molecule has 2 N–H and O–H groups in total. The number of esters is 1. The third-order valence-corrected chi connectivity index (χ3v) is 2.96. The van der Waals surface area contributed by atoms with Crippen LogP contribution in [0.3, 0.4) is 0 Å². The largest absolute Gasteiger partial charge is 0.483 e. The lowest BCUT2D eigenvalue weighted by atomic mass is 10.1. The van der Waals surface area contributed by atoms with Crippen molar-refractivity contribution in [2.75, 3.05) is 20.3 Å². The van der Waals surface area contributed by atoms with Gasteiger partial charge in [-0.1, -0.05) is 12.1 Å². The average Bonchev–Trinajstić information content (AvgIpc) is 2.45. The maximum atomic E-state index is 11.7. The monoisotopic (exact) mass is 295 g/mol. The number of hydrogen-bond acceptors (Lipinski definition) is 5. The van der Waals surface area contributed by atoms with E-state index < -0.39 is 17.5 Å². The molecule has 0 saturated carbocycles. The van der Waals surface area contributed by atoms with Crippen LogP contribution in [0, 0.1) is 13.8 Å².